The van der Waals surface area contributed by atoms with E-state index in [4.69, 9.17) is 16.9 Å². The second-order valence-electron chi connectivity index (χ2n) is 3.69. The normalized spacial score (nSPS) is 9.65. The highest BCUT2D eigenvalue weighted by Gasteiger charge is 2.12. The first-order valence-electron chi connectivity index (χ1n) is 5.52. The topological polar surface area (TPSA) is 44.1 Å². The molecule has 0 aliphatic heterocycles. The van der Waals surface area contributed by atoms with Crippen LogP contribution in [0.1, 0.15) is 18.4 Å². The number of nitrogens with zero attached hydrogens (tertiary/aromatic N) is 2. The summed E-state index contributed by atoms with van der Waals surface area (Å²) in [7, 11) is 0. The third kappa shape index (κ3) is 4.88. The quantitative estimate of drug-likeness (QED) is 0.575. The van der Waals surface area contributed by atoms with Crippen molar-refractivity contribution < 1.29 is 4.79 Å². The molecule has 3 nitrogen and oxygen atoms in total. The average molecular weight is 251 g/mol. The molecule has 0 bridgehead atoms. The summed E-state index contributed by atoms with van der Waals surface area (Å²) in [5.41, 5.74) is 1.03. The molecule has 0 N–H and O–H groups in total. The van der Waals surface area contributed by atoms with Crippen LogP contribution in [0.3, 0.4) is 0 Å². The van der Waals surface area contributed by atoms with Crippen LogP contribution in [-0.2, 0) is 11.3 Å². The van der Waals surface area contributed by atoms with Crippen LogP contribution in [0.15, 0.2) is 30.3 Å². The molecular weight excluding hydrogens is 236 g/mol. The molecule has 0 aromatic heterocycles. The smallest absolute Gasteiger partial charge is 0.223 e. The number of rotatable bonds is 6. The van der Waals surface area contributed by atoms with E-state index in [1.807, 2.05) is 36.4 Å². The second-order valence-corrected chi connectivity index (χ2v) is 4.06. The fraction of sp³-hybridized carbons (Fsp3) is 0.385. The number of halogens is 1. The van der Waals surface area contributed by atoms with E-state index in [1.54, 1.807) is 4.90 Å². The molecule has 1 aromatic carbocycles. The molecule has 0 saturated heterocycles. The van der Waals surface area contributed by atoms with E-state index in [-0.39, 0.29) is 12.5 Å². The van der Waals surface area contributed by atoms with E-state index in [9.17, 15) is 4.79 Å². The minimum Gasteiger partial charge on any atom is -0.325 e. The van der Waals surface area contributed by atoms with E-state index in [0.29, 0.717) is 25.3 Å². The van der Waals surface area contributed by atoms with Crippen molar-refractivity contribution in [2.24, 2.45) is 0 Å². The zero-order chi connectivity index (χ0) is 12.5. The maximum absolute atomic E-state index is 11.8. The number of nitriles is 1. The van der Waals surface area contributed by atoms with Crippen molar-refractivity contribution in [2.75, 3.05) is 12.4 Å². The molecule has 1 rings (SSSR count). The number of carbonyl (C=O) groups is 1. The highest BCUT2D eigenvalue weighted by atomic mass is 35.5. The van der Waals surface area contributed by atoms with Crippen LogP contribution in [0.5, 0.6) is 0 Å². The molecule has 0 fully saturated rings. The Balaban J connectivity index is 2.60. The van der Waals surface area contributed by atoms with Crippen molar-refractivity contribution in [3.8, 4) is 6.07 Å². The molecule has 1 aromatic rings. The second kappa shape index (κ2) is 7.70. The molecule has 0 aliphatic carbocycles. The Kier molecular flexibility index (Phi) is 6.13. The van der Waals surface area contributed by atoms with Gasteiger partial charge in [-0.15, -0.1) is 11.6 Å². The van der Waals surface area contributed by atoms with Crippen molar-refractivity contribution in [3.63, 3.8) is 0 Å². The van der Waals surface area contributed by atoms with Crippen molar-refractivity contribution in [3.05, 3.63) is 35.9 Å². The highest BCUT2D eigenvalue weighted by Crippen LogP contribution is 2.07. The van der Waals surface area contributed by atoms with Gasteiger partial charge in [0, 0.05) is 18.8 Å². The van der Waals surface area contributed by atoms with Gasteiger partial charge in [0.25, 0.3) is 0 Å². The van der Waals surface area contributed by atoms with Gasteiger partial charge in [-0.05, 0) is 12.0 Å². The van der Waals surface area contributed by atoms with Gasteiger partial charge < -0.3 is 4.90 Å². The van der Waals surface area contributed by atoms with Crippen molar-refractivity contribution in [2.45, 2.75) is 19.4 Å². The summed E-state index contributed by atoms with van der Waals surface area (Å²) in [6.07, 6.45) is 1.05. The number of benzene rings is 1. The monoisotopic (exact) mass is 250 g/mol. The molecule has 0 atom stereocenters. The van der Waals surface area contributed by atoms with Crippen LogP contribution in [0, 0.1) is 11.3 Å². The lowest BCUT2D eigenvalue weighted by Crippen LogP contribution is -2.30. The van der Waals surface area contributed by atoms with Gasteiger partial charge in [0.1, 0.15) is 6.54 Å². The minimum atomic E-state index is -0.0175. The van der Waals surface area contributed by atoms with Gasteiger partial charge in [-0.2, -0.15) is 5.26 Å². The van der Waals surface area contributed by atoms with E-state index in [2.05, 4.69) is 0 Å². The molecule has 0 radical (unpaired) electrons. The third-order valence-corrected chi connectivity index (χ3v) is 2.62. The summed E-state index contributed by atoms with van der Waals surface area (Å²) >= 11 is 5.55. The lowest BCUT2D eigenvalue weighted by atomic mass is 10.2. The summed E-state index contributed by atoms with van der Waals surface area (Å²) in [6, 6.07) is 11.7. The molecule has 0 saturated carbocycles. The van der Waals surface area contributed by atoms with Gasteiger partial charge in [-0.25, -0.2) is 0 Å². The zero-order valence-electron chi connectivity index (χ0n) is 9.60. The molecule has 17 heavy (non-hydrogen) atoms. The molecule has 90 valence electrons. The minimum absolute atomic E-state index is 0.0175. The van der Waals surface area contributed by atoms with Gasteiger partial charge in [-0.3, -0.25) is 4.79 Å². The molecule has 0 aliphatic rings. The Hall–Kier alpha value is -1.53. The SMILES string of the molecule is N#CCN(Cc1ccccc1)C(=O)CCCCl. The summed E-state index contributed by atoms with van der Waals surface area (Å²) in [5, 5.41) is 8.72. The molecule has 0 heterocycles. The molecule has 0 unspecified atom stereocenters. The van der Waals surface area contributed by atoms with Crippen LogP contribution in [-0.4, -0.2) is 23.2 Å². The lowest BCUT2D eigenvalue weighted by molar-refractivity contribution is -0.131. The first-order chi connectivity index (χ1) is 8.27. The largest absolute Gasteiger partial charge is 0.325 e. The van der Waals surface area contributed by atoms with Crippen molar-refractivity contribution in [1.82, 2.24) is 4.90 Å². The number of hydrogen-bond acceptors (Lipinski definition) is 2. The summed E-state index contributed by atoms with van der Waals surface area (Å²) in [5.74, 6) is 0.452. The number of amides is 1. The average Bonchev–Trinajstić information content (AvgIpc) is 2.36. The number of carbonyl (C=O) groups excluding carboxylic acids is 1. The maximum atomic E-state index is 11.8. The van der Waals surface area contributed by atoms with Gasteiger partial charge in [0.05, 0.1) is 6.07 Å². The predicted octanol–water partition coefficient (Wildman–Crippen LogP) is 2.56. The fourth-order valence-electron chi connectivity index (χ4n) is 1.50. The van der Waals surface area contributed by atoms with Crippen LogP contribution >= 0.6 is 11.6 Å². The summed E-state index contributed by atoms with van der Waals surface area (Å²) in [6.45, 7) is 0.603. The van der Waals surface area contributed by atoms with Crippen LogP contribution in [0.25, 0.3) is 0 Å². The predicted molar refractivity (Wildman–Crippen MR) is 67.4 cm³/mol. The van der Waals surface area contributed by atoms with Gasteiger partial charge >= 0.3 is 0 Å². The van der Waals surface area contributed by atoms with Crippen molar-refractivity contribution >= 4 is 17.5 Å². The highest BCUT2D eigenvalue weighted by molar-refractivity contribution is 6.17. The Labute approximate surface area is 107 Å². The van der Waals surface area contributed by atoms with Gasteiger partial charge in [0.2, 0.25) is 5.91 Å². The molecule has 4 heteroatoms. The summed E-state index contributed by atoms with van der Waals surface area (Å²) < 4.78 is 0. The molecular formula is C13H15ClN2O. The van der Waals surface area contributed by atoms with E-state index >= 15 is 0 Å². The van der Waals surface area contributed by atoms with Crippen LogP contribution in [0.2, 0.25) is 0 Å². The molecule has 1 amide bonds. The Bertz CT molecular complexity index is 386. The van der Waals surface area contributed by atoms with Gasteiger partial charge in [-0.1, -0.05) is 30.3 Å². The lowest BCUT2D eigenvalue weighted by Gasteiger charge is -2.19. The van der Waals surface area contributed by atoms with E-state index in [0.717, 1.165) is 5.56 Å². The first-order valence-corrected chi connectivity index (χ1v) is 6.06. The van der Waals surface area contributed by atoms with Crippen LogP contribution < -0.4 is 0 Å². The number of alkyl halides is 1. The summed E-state index contributed by atoms with van der Waals surface area (Å²) in [4.78, 5) is 13.4. The Morgan fingerprint density at radius 2 is 2.06 bits per heavy atom. The Morgan fingerprint density at radius 1 is 1.35 bits per heavy atom. The standard InChI is InChI=1S/C13H15ClN2O/c14-8-4-7-13(17)16(10-9-15)11-12-5-2-1-3-6-12/h1-3,5-6H,4,7-8,10-11H2. The first kappa shape index (κ1) is 13.5. The zero-order valence-corrected chi connectivity index (χ0v) is 10.4. The van der Waals surface area contributed by atoms with Crippen LogP contribution in [0.4, 0.5) is 0 Å². The van der Waals surface area contributed by atoms with E-state index in [1.165, 1.54) is 0 Å². The molecule has 0 spiro atoms. The van der Waals surface area contributed by atoms with Gasteiger partial charge in [0.15, 0.2) is 0 Å². The third-order valence-electron chi connectivity index (χ3n) is 2.35. The fourth-order valence-corrected chi connectivity index (χ4v) is 1.63. The maximum Gasteiger partial charge on any atom is 0.223 e. The van der Waals surface area contributed by atoms with E-state index < -0.39 is 0 Å². The van der Waals surface area contributed by atoms with Crippen molar-refractivity contribution in [1.29, 1.82) is 5.26 Å². The number of hydrogen-bond donors (Lipinski definition) is 0. The Morgan fingerprint density at radius 3 is 2.65 bits per heavy atom.